The lowest BCUT2D eigenvalue weighted by Crippen LogP contribution is -2.03. The van der Waals surface area contributed by atoms with Gasteiger partial charge in [0, 0.05) is 22.6 Å². The highest BCUT2D eigenvalue weighted by Crippen LogP contribution is 2.27. The van der Waals surface area contributed by atoms with Crippen LogP contribution in [0.5, 0.6) is 0 Å². The van der Waals surface area contributed by atoms with Gasteiger partial charge in [-0.1, -0.05) is 25.1 Å². The molecule has 0 atom stereocenters. The summed E-state index contributed by atoms with van der Waals surface area (Å²) in [5.41, 5.74) is 1.69. The van der Waals surface area contributed by atoms with Gasteiger partial charge in [-0.15, -0.1) is 0 Å². The van der Waals surface area contributed by atoms with Gasteiger partial charge >= 0.3 is 0 Å². The van der Waals surface area contributed by atoms with E-state index in [9.17, 15) is 0 Å². The minimum atomic E-state index is 0.619. The Morgan fingerprint density at radius 2 is 2.00 bits per heavy atom. The Morgan fingerprint density at radius 1 is 1.14 bits per heavy atom. The van der Waals surface area contributed by atoms with Crippen LogP contribution in [0, 0.1) is 0 Å². The molecule has 106 valence electrons. The van der Waals surface area contributed by atoms with Gasteiger partial charge in [-0.25, -0.2) is 15.0 Å². The fraction of sp³-hybridized carbons (Fsp3) is 0.188. The predicted octanol–water partition coefficient (Wildman–Crippen LogP) is 4.28. The molecule has 0 aliphatic rings. The van der Waals surface area contributed by atoms with E-state index in [0.29, 0.717) is 5.82 Å². The lowest BCUT2D eigenvalue weighted by Gasteiger charge is -2.07. The molecule has 0 bridgehead atoms. The van der Waals surface area contributed by atoms with Crippen LogP contribution in [0.15, 0.2) is 47.1 Å². The maximum absolute atomic E-state index is 4.67. The standard InChI is InChI=1S/C16H15BrN4/c1-2-8-18-14-7-9-19-16(21-14)15-12(17)10-11-5-3-4-6-13(11)20-15/h3-7,9-10H,2,8H2,1H3,(H,18,19,21). The number of fused-ring (bicyclic) bond motifs is 1. The second-order valence-corrected chi connectivity index (χ2v) is 5.56. The van der Waals surface area contributed by atoms with E-state index in [1.54, 1.807) is 6.20 Å². The van der Waals surface area contributed by atoms with Crippen LogP contribution in [0.2, 0.25) is 0 Å². The summed E-state index contributed by atoms with van der Waals surface area (Å²) in [6.45, 7) is 3.01. The molecule has 0 radical (unpaired) electrons. The van der Waals surface area contributed by atoms with Crippen LogP contribution in [0.25, 0.3) is 22.4 Å². The van der Waals surface area contributed by atoms with Gasteiger partial charge in [0.25, 0.3) is 0 Å². The van der Waals surface area contributed by atoms with Crippen molar-refractivity contribution in [1.29, 1.82) is 0 Å². The van der Waals surface area contributed by atoms with Gasteiger partial charge in [0.2, 0.25) is 0 Å². The number of rotatable bonds is 4. The van der Waals surface area contributed by atoms with Crippen molar-refractivity contribution in [3.05, 3.63) is 47.1 Å². The quantitative estimate of drug-likeness (QED) is 0.768. The van der Waals surface area contributed by atoms with E-state index >= 15 is 0 Å². The van der Waals surface area contributed by atoms with Crippen molar-refractivity contribution in [1.82, 2.24) is 15.0 Å². The van der Waals surface area contributed by atoms with Crippen molar-refractivity contribution >= 4 is 32.7 Å². The molecule has 0 aliphatic heterocycles. The van der Waals surface area contributed by atoms with E-state index < -0.39 is 0 Å². The highest BCUT2D eigenvalue weighted by Gasteiger charge is 2.10. The van der Waals surface area contributed by atoms with E-state index in [0.717, 1.165) is 39.9 Å². The Kier molecular flexibility index (Phi) is 4.10. The lowest BCUT2D eigenvalue weighted by atomic mass is 10.2. The summed E-state index contributed by atoms with van der Waals surface area (Å²) in [5, 5.41) is 4.36. The molecule has 1 aromatic carbocycles. The van der Waals surface area contributed by atoms with Crippen molar-refractivity contribution in [3.63, 3.8) is 0 Å². The van der Waals surface area contributed by atoms with Crippen LogP contribution in [0.4, 0.5) is 5.82 Å². The second kappa shape index (κ2) is 6.18. The van der Waals surface area contributed by atoms with Crippen molar-refractivity contribution in [3.8, 4) is 11.5 Å². The van der Waals surface area contributed by atoms with Gasteiger partial charge in [0.05, 0.1) is 5.52 Å². The number of halogens is 1. The molecule has 3 rings (SSSR count). The molecule has 5 heteroatoms. The number of nitrogens with one attached hydrogen (secondary N) is 1. The zero-order chi connectivity index (χ0) is 14.7. The summed E-state index contributed by atoms with van der Waals surface area (Å²) in [4.78, 5) is 13.5. The van der Waals surface area contributed by atoms with E-state index in [1.165, 1.54) is 0 Å². The minimum absolute atomic E-state index is 0.619. The van der Waals surface area contributed by atoms with Crippen molar-refractivity contribution in [2.75, 3.05) is 11.9 Å². The van der Waals surface area contributed by atoms with E-state index in [-0.39, 0.29) is 0 Å². The zero-order valence-corrected chi connectivity index (χ0v) is 13.3. The summed E-state index contributed by atoms with van der Waals surface area (Å²) in [6.07, 6.45) is 2.81. The SMILES string of the molecule is CCCNc1ccnc(-c2nc3ccccc3cc2Br)n1. The van der Waals surface area contributed by atoms with E-state index in [4.69, 9.17) is 0 Å². The fourth-order valence-corrected chi connectivity index (χ4v) is 2.58. The van der Waals surface area contributed by atoms with Crippen molar-refractivity contribution in [2.24, 2.45) is 0 Å². The Bertz CT molecular complexity index is 773. The highest BCUT2D eigenvalue weighted by molar-refractivity contribution is 9.10. The first kappa shape index (κ1) is 13.9. The third-order valence-electron chi connectivity index (χ3n) is 3.10. The maximum atomic E-state index is 4.67. The Morgan fingerprint density at radius 3 is 2.86 bits per heavy atom. The van der Waals surface area contributed by atoms with Crippen molar-refractivity contribution < 1.29 is 0 Å². The molecule has 2 heterocycles. The predicted molar refractivity (Wildman–Crippen MR) is 89.2 cm³/mol. The van der Waals surface area contributed by atoms with Gasteiger partial charge in [-0.05, 0) is 40.5 Å². The average Bonchev–Trinajstić information content (AvgIpc) is 2.52. The zero-order valence-electron chi connectivity index (χ0n) is 11.7. The Balaban J connectivity index is 2.05. The van der Waals surface area contributed by atoms with Crippen LogP contribution in [-0.2, 0) is 0 Å². The van der Waals surface area contributed by atoms with Gasteiger partial charge in [0.1, 0.15) is 11.5 Å². The Labute approximate surface area is 131 Å². The summed E-state index contributed by atoms with van der Waals surface area (Å²) >= 11 is 3.57. The largest absolute Gasteiger partial charge is 0.370 e. The molecule has 0 spiro atoms. The third-order valence-corrected chi connectivity index (χ3v) is 3.71. The summed E-state index contributed by atoms with van der Waals surface area (Å²) < 4.78 is 0.897. The molecule has 3 aromatic rings. The lowest BCUT2D eigenvalue weighted by molar-refractivity contribution is 0.965. The van der Waals surface area contributed by atoms with Gasteiger partial charge in [-0.2, -0.15) is 0 Å². The third kappa shape index (κ3) is 3.03. The molecular weight excluding hydrogens is 328 g/mol. The van der Waals surface area contributed by atoms with Gasteiger partial charge in [-0.3, -0.25) is 0 Å². The number of para-hydroxylation sites is 1. The number of anilines is 1. The van der Waals surface area contributed by atoms with Gasteiger partial charge < -0.3 is 5.32 Å². The number of benzene rings is 1. The first-order valence-electron chi connectivity index (χ1n) is 6.90. The number of hydrogen-bond acceptors (Lipinski definition) is 4. The van der Waals surface area contributed by atoms with E-state index in [1.807, 2.05) is 36.4 Å². The molecule has 0 amide bonds. The molecule has 0 saturated heterocycles. The topological polar surface area (TPSA) is 50.7 Å². The van der Waals surface area contributed by atoms with Crippen LogP contribution in [0.3, 0.4) is 0 Å². The Hall–Kier alpha value is -2.01. The minimum Gasteiger partial charge on any atom is -0.370 e. The monoisotopic (exact) mass is 342 g/mol. The highest BCUT2D eigenvalue weighted by atomic mass is 79.9. The smallest absolute Gasteiger partial charge is 0.181 e. The second-order valence-electron chi connectivity index (χ2n) is 4.70. The van der Waals surface area contributed by atoms with E-state index in [2.05, 4.69) is 43.1 Å². The number of nitrogens with zero attached hydrogens (tertiary/aromatic N) is 3. The molecule has 0 saturated carbocycles. The fourth-order valence-electron chi connectivity index (χ4n) is 2.07. The molecule has 2 aromatic heterocycles. The molecule has 0 aliphatic carbocycles. The summed E-state index contributed by atoms with van der Waals surface area (Å²) in [7, 11) is 0. The summed E-state index contributed by atoms with van der Waals surface area (Å²) in [6, 6.07) is 11.9. The molecule has 21 heavy (non-hydrogen) atoms. The van der Waals surface area contributed by atoms with Crippen molar-refractivity contribution in [2.45, 2.75) is 13.3 Å². The molecule has 4 nitrogen and oxygen atoms in total. The van der Waals surface area contributed by atoms with Crippen LogP contribution in [0.1, 0.15) is 13.3 Å². The molecular formula is C16H15BrN4. The first-order chi connectivity index (χ1) is 10.3. The van der Waals surface area contributed by atoms with Crippen LogP contribution < -0.4 is 5.32 Å². The number of aromatic nitrogens is 3. The number of pyridine rings is 1. The molecule has 0 unspecified atom stereocenters. The number of hydrogen-bond donors (Lipinski definition) is 1. The summed E-state index contributed by atoms with van der Waals surface area (Å²) in [5.74, 6) is 1.44. The molecule has 0 fully saturated rings. The maximum Gasteiger partial charge on any atom is 0.181 e. The van der Waals surface area contributed by atoms with Crippen LogP contribution >= 0.6 is 15.9 Å². The van der Waals surface area contributed by atoms with Gasteiger partial charge in [0.15, 0.2) is 5.82 Å². The first-order valence-corrected chi connectivity index (χ1v) is 7.70. The normalized spacial score (nSPS) is 10.8. The van der Waals surface area contributed by atoms with Crippen LogP contribution in [-0.4, -0.2) is 21.5 Å². The average molecular weight is 343 g/mol. The molecule has 1 N–H and O–H groups in total.